The number of nitrogens with zero attached hydrogens (tertiary/aromatic N) is 1. The fourth-order valence-electron chi connectivity index (χ4n) is 1.74. The minimum Gasteiger partial charge on any atom is -0.399 e. The largest absolute Gasteiger partial charge is 0.399 e. The molecule has 0 aromatic heterocycles. The maximum Gasteiger partial charge on any atom is 0.253 e. The fourth-order valence-corrected chi connectivity index (χ4v) is 1.74. The van der Waals surface area contributed by atoms with Crippen LogP contribution in [0.1, 0.15) is 10.4 Å². The van der Waals surface area contributed by atoms with Gasteiger partial charge in [0.05, 0.1) is 24.3 Å². The quantitative estimate of drug-likeness (QED) is 0.464. The zero-order valence-corrected chi connectivity index (χ0v) is 11.1. The number of hydrogen-bond donors (Lipinski definition) is 4. The molecule has 0 unspecified atom stereocenters. The van der Waals surface area contributed by atoms with Crippen molar-refractivity contribution in [1.29, 1.82) is 0 Å². The molecule has 7 N–H and O–H groups in total. The Hall–Kier alpha value is -2.77. The van der Waals surface area contributed by atoms with Crippen LogP contribution in [0.25, 0.3) is 0 Å². The third-order valence-electron chi connectivity index (χ3n) is 2.53. The van der Waals surface area contributed by atoms with Gasteiger partial charge in [0.2, 0.25) is 11.8 Å². The predicted molar refractivity (Wildman–Crippen MR) is 74.8 cm³/mol. The van der Waals surface area contributed by atoms with Gasteiger partial charge in [0.15, 0.2) is 0 Å². The molecule has 3 amide bonds. The van der Waals surface area contributed by atoms with E-state index in [0.717, 1.165) is 0 Å². The van der Waals surface area contributed by atoms with Gasteiger partial charge in [0.1, 0.15) is 0 Å². The van der Waals surface area contributed by atoms with E-state index in [0.29, 0.717) is 11.4 Å². The summed E-state index contributed by atoms with van der Waals surface area (Å²) < 4.78 is 0. The Morgan fingerprint density at radius 3 is 2.15 bits per heavy atom. The summed E-state index contributed by atoms with van der Waals surface area (Å²) in [7, 11) is 1.47. The number of rotatable bonds is 6. The number of amides is 3. The number of nitrogen functional groups attached to an aromatic ring is 1. The number of nitrogens with one attached hydrogen (secondary N) is 1. The van der Waals surface area contributed by atoms with Gasteiger partial charge >= 0.3 is 0 Å². The van der Waals surface area contributed by atoms with Crippen LogP contribution < -0.4 is 27.4 Å². The van der Waals surface area contributed by atoms with Crippen molar-refractivity contribution in [1.82, 2.24) is 5.32 Å². The van der Waals surface area contributed by atoms with E-state index >= 15 is 0 Å². The molecule has 0 aliphatic heterocycles. The molecule has 1 aromatic carbocycles. The molecule has 0 bridgehead atoms. The van der Waals surface area contributed by atoms with E-state index in [2.05, 4.69) is 5.32 Å². The third-order valence-corrected chi connectivity index (χ3v) is 2.53. The summed E-state index contributed by atoms with van der Waals surface area (Å²) in [5.41, 5.74) is 16.9. The van der Waals surface area contributed by atoms with E-state index in [4.69, 9.17) is 17.2 Å². The summed E-state index contributed by atoms with van der Waals surface area (Å²) in [5.74, 6) is -1.69. The Kier molecular flexibility index (Phi) is 4.90. The zero-order chi connectivity index (χ0) is 15.3. The Morgan fingerprint density at radius 1 is 1.15 bits per heavy atom. The van der Waals surface area contributed by atoms with E-state index in [1.165, 1.54) is 24.1 Å². The Labute approximate surface area is 115 Å². The topological polar surface area (TPSA) is 145 Å². The van der Waals surface area contributed by atoms with Crippen LogP contribution in [0.3, 0.4) is 0 Å². The lowest BCUT2D eigenvalue weighted by atomic mass is 10.1. The van der Waals surface area contributed by atoms with Gasteiger partial charge in [-0.15, -0.1) is 0 Å². The van der Waals surface area contributed by atoms with Gasteiger partial charge in [0, 0.05) is 12.7 Å². The Balaban J connectivity index is 3.28. The third kappa shape index (κ3) is 3.87. The number of anilines is 2. The predicted octanol–water partition coefficient (Wildman–Crippen LogP) is -1.59. The van der Waals surface area contributed by atoms with Crippen LogP contribution >= 0.6 is 0 Å². The molecule has 20 heavy (non-hydrogen) atoms. The van der Waals surface area contributed by atoms with Crippen molar-refractivity contribution in [2.24, 2.45) is 11.5 Å². The van der Waals surface area contributed by atoms with Gasteiger partial charge in [-0.3, -0.25) is 14.4 Å². The molecule has 8 nitrogen and oxygen atoms in total. The molecule has 0 fully saturated rings. The van der Waals surface area contributed by atoms with Gasteiger partial charge in [-0.25, -0.2) is 0 Å². The van der Waals surface area contributed by atoms with Crippen LogP contribution in [0, 0.1) is 0 Å². The van der Waals surface area contributed by atoms with Crippen molar-refractivity contribution < 1.29 is 14.4 Å². The molecule has 0 spiro atoms. The monoisotopic (exact) mass is 279 g/mol. The molecule has 0 aliphatic rings. The molecule has 0 radical (unpaired) electrons. The molecular formula is C12H17N5O3. The minimum absolute atomic E-state index is 0.254. The molecule has 0 heterocycles. The molecule has 1 aromatic rings. The molecule has 0 saturated carbocycles. The second-order valence-corrected chi connectivity index (χ2v) is 4.14. The molecule has 0 atom stereocenters. The highest BCUT2D eigenvalue weighted by atomic mass is 16.2. The number of carbonyl (C=O) groups is 3. The summed E-state index contributed by atoms with van der Waals surface area (Å²) in [4.78, 5) is 35.3. The van der Waals surface area contributed by atoms with Crippen molar-refractivity contribution in [3.63, 3.8) is 0 Å². The highest BCUT2D eigenvalue weighted by Crippen LogP contribution is 2.23. The SMILES string of the molecule is CNC(=O)c1ccc(N)cc1N(CC(N)=O)CC(N)=O. The van der Waals surface area contributed by atoms with Gasteiger partial charge in [-0.1, -0.05) is 0 Å². The maximum absolute atomic E-state index is 11.8. The van der Waals surface area contributed by atoms with Gasteiger partial charge < -0.3 is 27.4 Å². The summed E-state index contributed by atoms with van der Waals surface area (Å²) in [6.45, 7) is -0.507. The van der Waals surface area contributed by atoms with Gasteiger partial charge in [0.25, 0.3) is 5.91 Å². The lowest BCUT2D eigenvalue weighted by molar-refractivity contribution is -0.117. The first kappa shape index (κ1) is 15.3. The highest BCUT2D eigenvalue weighted by molar-refractivity contribution is 6.01. The second kappa shape index (κ2) is 6.41. The van der Waals surface area contributed by atoms with E-state index in [1.807, 2.05) is 0 Å². The van der Waals surface area contributed by atoms with E-state index in [-0.39, 0.29) is 24.6 Å². The summed E-state index contributed by atoms with van der Waals surface area (Å²) >= 11 is 0. The van der Waals surface area contributed by atoms with E-state index in [1.54, 1.807) is 6.07 Å². The van der Waals surface area contributed by atoms with E-state index in [9.17, 15) is 14.4 Å². The first-order chi connectivity index (χ1) is 9.35. The van der Waals surface area contributed by atoms with Crippen LogP contribution in [-0.2, 0) is 9.59 Å². The molecule has 8 heteroatoms. The van der Waals surface area contributed by atoms with Crippen LogP contribution in [0.15, 0.2) is 18.2 Å². The number of primary amides is 2. The summed E-state index contributed by atoms with van der Waals surface area (Å²) in [6.07, 6.45) is 0. The highest BCUT2D eigenvalue weighted by Gasteiger charge is 2.19. The van der Waals surface area contributed by atoms with Crippen molar-refractivity contribution in [3.05, 3.63) is 23.8 Å². The van der Waals surface area contributed by atoms with Crippen LogP contribution in [0.5, 0.6) is 0 Å². The number of carbonyl (C=O) groups excluding carboxylic acids is 3. The molecule has 108 valence electrons. The fraction of sp³-hybridized carbons (Fsp3) is 0.250. The smallest absolute Gasteiger partial charge is 0.253 e. The van der Waals surface area contributed by atoms with Gasteiger partial charge in [-0.05, 0) is 18.2 Å². The van der Waals surface area contributed by atoms with Crippen molar-refractivity contribution in [2.45, 2.75) is 0 Å². The van der Waals surface area contributed by atoms with Crippen LogP contribution in [0.2, 0.25) is 0 Å². The Morgan fingerprint density at radius 2 is 1.70 bits per heavy atom. The Bertz CT molecular complexity index is 528. The van der Waals surface area contributed by atoms with Crippen LogP contribution in [0.4, 0.5) is 11.4 Å². The summed E-state index contributed by atoms with van der Waals surface area (Å²) in [6, 6.07) is 4.52. The molecular weight excluding hydrogens is 262 g/mol. The number of nitrogens with two attached hydrogens (primary N) is 3. The first-order valence-electron chi connectivity index (χ1n) is 5.78. The summed E-state index contributed by atoms with van der Waals surface area (Å²) in [5, 5.41) is 2.46. The lowest BCUT2D eigenvalue weighted by Crippen LogP contribution is -2.40. The minimum atomic E-state index is -0.656. The molecule has 0 aliphatic carbocycles. The van der Waals surface area contributed by atoms with Gasteiger partial charge in [-0.2, -0.15) is 0 Å². The average molecular weight is 279 g/mol. The zero-order valence-electron chi connectivity index (χ0n) is 11.1. The second-order valence-electron chi connectivity index (χ2n) is 4.14. The van der Waals surface area contributed by atoms with Crippen molar-refractivity contribution in [3.8, 4) is 0 Å². The average Bonchev–Trinajstić information content (AvgIpc) is 2.36. The van der Waals surface area contributed by atoms with Crippen LogP contribution in [-0.4, -0.2) is 37.9 Å². The van der Waals surface area contributed by atoms with E-state index < -0.39 is 11.8 Å². The first-order valence-corrected chi connectivity index (χ1v) is 5.78. The number of benzene rings is 1. The van der Waals surface area contributed by atoms with Crippen molar-refractivity contribution in [2.75, 3.05) is 30.8 Å². The maximum atomic E-state index is 11.8. The van der Waals surface area contributed by atoms with Crippen molar-refractivity contribution >= 4 is 29.1 Å². The standard InChI is InChI=1S/C12H17N5O3/c1-16-12(20)8-3-2-7(13)4-9(8)17(5-10(14)18)6-11(15)19/h2-4H,5-6,13H2,1H3,(H2,14,18)(H2,15,19)(H,16,20). The lowest BCUT2D eigenvalue weighted by Gasteiger charge is -2.24. The molecule has 1 rings (SSSR count). The number of hydrogen-bond acceptors (Lipinski definition) is 5. The normalized spacial score (nSPS) is 9.85. The molecule has 0 saturated heterocycles.